The summed E-state index contributed by atoms with van der Waals surface area (Å²) < 4.78 is 0. The van der Waals surface area contributed by atoms with Crippen molar-refractivity contribution in [2.75, 3.05) is 26.2 Å². The molecule has 0 aromatic carbocycles. The summed E-state index contributed by atoms with van der Waals surface area (Å²) in [6.45, 7) is 13.2. The van der Waals surface area contributed by atoms with Crippen LogP contribution in [0, 0.1) is 0 Å². The van der Waals surface area contributed by atoms with E-state index < -0.39 is 19.8 Å². The fraction of sp³-hybridized carbons (Fsp3) is 1.00. The molecule has 0 bridgehead atoms. The van der Waals surface area contributed by atoms with Crippen LogP contribution < -0.4 is 0 Å². The third-order valence-electron chi connectivity index (χ3n) is 1.95. The molecule has 2 nitrogen and oxygen atoms in total. The molecule has 90 valence electrons. The van der Waals surface area contributed by atoms with Gasteiger partial charge in [0.25, 0.3) is 0 Å². The van der Waals surface area contributed by atoms with E-state index in [0.717, 1.165) is 26.2 Å². The topological polar surface area (TPSA) is 6.48 Å². The fourth-order valence-corrected chi connectivity index (χ4v) is 1.00. The molecule has 2 radical (unpaired) electrons. The molecule has 0 N–H and O–H groups in total. The second-order valence-electron chi connectivity index (χ2n) is 4.06. The van der Waals surface area contributed by atoms with E-state index in [2.05, 4.69) is 59.7 Å². The van der Waals surface area contributed by atoms with E-state index in [4.69, 9.17) is 0 Å². The van der Waals surface area contributed by atoms with Crippen molar-refractivity contribution < 1.29 is 0 Å². The third kappa shape index (κ3) is 14.8. The standard InChI is InChI=1S/C8H20BN2.3CH3.Sn/c1-5-10(6-2)9-11(7-3)8-4;;;;/h5-8H2,1-4H3;3*1H3;. The Bertz CT molecular complexity index is 102. The molecular weight excluding hydrogens is 290 g/mol. The van der Waals surface area contributed by atoms with Gasteiger partial charge in [0.05, 0.1) is 0 Å². The molecule has 0 aliphatic heterocycles. The van der Waals surface area contributed by atoms with E-state index in [9.17, 15) is 0 Å². The second-order valence-corrected chi connectivity index (χ2v) is 12.6. The van der Waals surface area contributed by atoms with Gasteiger partial charge in [0.2, 0.25) is 0 Å². The van der Waals surface area contributed by atoms with Gasteiger partial charge in [0, 0.05) is 0 Å². The van der Waals surface area contributed by atoms with E-state index in [1.165, 1.54) is 0 Å². The van der Waals surface area contributed by atoms with Gasteiger partial charge in [-0.05, 0) is 26.2 Å². The molecular formula is C11H29BN2Sn. The summed E-state index contributed by atoms with van der Waals surface area (Å²) in [6.07, 6.45) is 0. The number of hydrogen-bond acceptors (Lipinski definition) is 2. The third-order valence-corrected chi connectivity index (χ3v) is 1.95. The van der Waals surface area contributed by atoms with Gasteiger partial charge < -0.3 is 9.62 Å². The Hall–Kier alpha value is 0.784. The monoisotopic (exact) mass is 320 g/mol. The van der Waals surface area contributed by atoms with E-state index in [0.29, 0.717) is 0 Å². The Morgan fingerprint density at radius 2 is 0.933 bits per heavy atom. The molecule has 0 saturated heterocycles. The first-order valence-electron chi connectivity index (χ1n) is 6.11. The Morgan fingerprint density at radius 3 is 1.07 bits per heavy atom. The predicted molar refractivity (Wildman–Crippen MR) is 74.9 cm³/mol. The van der Waals surface area contributed by atoms with E-state index >= 15 is 0 Å². The second kappa shape index (κ2) is 12.9. The Labute approximate surface area is 105 Å². The first-order chi connectivity index (χ1) is 7.01. The van der Waals surface area contributed by atoms with Crippen molar-refractivity contribution in [3.63, 3.8) is 0 Å². The maximum absolute atomic E-state index is 2.36. The minimum atomic E-state index is -0.543. The summed E-state index contributed by atoms with van der Waals surface area (Å²) in [5.41, 5.74) is 0. The molecule has 0 saturated carbocycles. The fourth-order valence-electron chi connectivity index (χ4n) is 1.00. The van der Waals surface area contributed by atoms with Gasteiger partial charge in [-0.1, -0.05) is 27.7 Å². The van der Waals surface area contributed by atoms with Crippen molar-refractivity contribution in [1.82, 2.24) is 9.62 Å². The summed E-state index contributed by atoms with van der Waals surface area (Å²) in [5.74, 6) is 0. The molecule has 0 rings (SSSR count). The van der Waals surface area contributed by atoms with Crippen LogP contribution in [0.25, 0.3) is 0 Å². The zero-order chi connectivity index (χ0) is 12.3. The zero-order valence-electron chi connectivity index (χ0n) is 11.8. The van der Waals surface area contributed by atoms with Crippen LogP contribution in [-0.4, -0.2) is 63.1 Å². The molecule has 0 fully saturated rings. The van der Waals surface area contributed by atoms with Crippen LogP contribution in [0.1, 0.15) is 27.7 Å². The summed E-state index contributed by atoms with van der Waals surface area (Å²) >= 11 is -0.543. The van der Waals surface area contributed by atoms with Crippen LogP contribution in [0.3, 0.4) is 0 Å². The molecule has 15 heavy (non-hydrogen) atoms. The van der Waals surface area contributed by atoms with Crippen molar-refractivity contribution in [2.24, 2.45) is 0 Å². The first kappa shape index (κ1) is 18.2. The minimum absolute atomic E-state index is 0.543. The molecule has 0 aromatic rings. The molecule has 0 unspecified atom stereocenters. The SMILES string of the molecule is CCN([B]N(CC)CC)CC.[CH3][Sn]([CH3])[CH3]. The number of nitrogens with zero attached hydrogens (tertiary/aromatic N) is 2. The van der Waals surface area contributed by atoms with Gasteiger partial charge in [0.15, 0.2) is 0 Å². The van der Waals surface area contributed by atoms with E-state index in [1.807, 2.05) is 0 Å². The van der Waals surface area contributed by atoms with Gasteiger partial charge in [-0.2, -0.15) is 0 Å². The van der Waals surface area contributed by atoms with Crippen LogP contribution in [0.4, 0.5) is 0 Å². The number of rotatable bonds is 6. The van der Waals surface area contributed by atoms with Gasteiger partial charge in [-0.25, -0.2) is 0 Å². The van der Waals surface area contributed by atoms with Crippen LogP contribution >= 0.6 is 0 Å². The molecule has 0 amide bonds. The summed E-state index contributed by atoms with van der Waals surface area (Å²) in [7, 11) is 2.22. The molecule has 0 aromatic heterocycles. The van der Waals surface area contributed by atoms with Crippen LogP contribution in [-0.2, 0) is 0 Å². The van der Waals surface area contributed by atoms with Crippen molar-refractivity contribution in [2.45, 2.75) is 42.5 Å². The average molecular weight is 319 g/mol. The van der Waals surface area contributed by atoms with Crippen molar-refractivity contribution in [3.05, 3.63) is 0 Å². The van der Waals surface area contributed by atoms with Crippen molar-refractivity contribution >= 4 is 27.3 Å². The number of hydrogen-bond donors (Lipinski definition) is 0. The Balaban J connectivity index is 0. The molecule has 0 spiro atoms. The van der Waals surface area contributed by atoms with Gasteiger partial charge in [-0.15, -0.1) is 0 Å². The van der Waals surface area contributed by atoms with E-state index in [1.54, 1.807) is 0 Å². The van der Waals surface area contributed by atoms with Gasteiger partial charge in [-0.3, -0.25) is 0 Å². The average Bonchev–Trinajstić information content (AvgIpc) is 2.19. The van der Waals surface area contributed by atoms with Crippen LogP contribution in [0.15, 0.2) is 0 Å². The van der Waals surface area contributed by atoms with Crippen LogP contribution in [0.5, 0.6) is 0 Å². The van der Waals surface area contributed by atoms with E-state index in [-0.39, 0.29) is 0 Å². The van der Waals surface area contributed by atoms with Crippen LogP contribution in [0.2, 0.25) is 14.8 Å². The molecule has 0 atom stereocenters. The summed E-state index contributed by atoms with van der Waals surface area (Å²) in [4.78, 5) is 11.7. The normalized spacial score (nSPS) is 10.5. The molecule has 0 heterocycles. The predicted octanol–water partition coefficient (Wildman–Crippen LogP) is 2.57. The Morgan fingerprint density at radius 1 is 0.733 bits per heavy atom. The summed E-state index contributed by atoms with van der Waals surface area (Å²) in [6, 6.07) is 0. The molecule has 0 aliphatic rings. The van der Waals surface area contributed by atoms with Gasteiger partial charge >= 0.3 is 42.1 Å². The first-order valence-corrected chi connectivity index (χ1v) is 14.7. The van der Waals surface area contributed by atoms with Gasteiger partial charge in [0.1, 0.15) is 0 Å². The van der Waals surface area contributed by atoms with Crippen molar-refractivity contribution in [3.8, 4) is 0 Å². The van der Waals surface area contributed by atoms with Crippen molar-refractivity contribution in [1.29, 1.82) is 0 Å². The molecule has 4 heteroatoms. The summed E-state index contributed by atoms with van der Waals surface area (Å²) in [5, 5.41) is 0. The zero-order valence-corrected chi connectivity index (χ0v) is 14.7. The molecule has 0 aliphatic carbocycles. The quantitative estimate of drug-likeness (QED) is 0.695. The maximum atomic E-state index is 2.36. The Kier molecular flexibility index (Phi) is 15.6.